The lowest BCUT2D eigenvalue weighted by Gasteiger charge is -2.10. The Hall–Kier alpha value is -1.65. The molecule has 18 heavy (non-hydrogen) atoms. The van der Waals surface area contributed by atoms with Crippen molar-refractivity contribution in [1.82, 2.24) is 0 Å². The Bertz CT molecular complexity index is 586. The number of halogens is 2. The summed E-state index contributed by atoms with van der Waals surface area (Å²) in [5, 5.41) is 0.507. The highest BCUT2D eigenvalue weighted by molar-refractivity contribution is 7.80. The highest BCUT2D eigenvalue weighted by Gasteiger charge is 2.08. The first-order valence-electron chi connectivity index (χ1n) is 5.09. The third kappa shape index (κ3) is 2.97. The number of nitrogens with two attached hydrogens (primary N) is 1. The van der Waals surface area contributed by atoms with E-state index < -0.39 is 0 Å². The van der Waals surface area contributed by atoms with Gasteiger partial charge < -0.3 is 10.5 Å². The largest absolute Gasteiger partial charge is 0.457 e. The Labute approximate surface area is 114 Å². The summed E-state index contributed by atoms with van der Waals surface area (Å²) < 4.78 is 18.4. The lowest BCUT2D eigenvalue weighted by molar-refractivity contribution is 0.479. The van der Waals surface area contributed by atoms with E-state index in [1.165, 1.54) is 24.3 Å². The van der Waals surface area contributed by atoms with Gasteiger partial charge in [0.2, 0.25) is 0 Å². The van der Waals surface area contributed by atoms with Gasteiger partial charge in [0, 0.05) is 11.1 Å². The van der Waals surface area contributed by atoms with E-state index in [9.17, 15) is 4.39 Å². The first-order chi connectivity index (χ1) is 8.56. The zero-order valence-corrected chi connectivity index (χ0v) is 10.8. The lowest BCUT2D eigenvalue weighted by atomic mass is 10.2. The van der Waals surface area contributed by atoms with Crippen molar-refractivity contribution in [2.45, 2.75) is 0 Å². The Morgan fingerprint density at radius 1 is 1.17 bits per heavy atom. The predicted molar refractivity (Wildman–Crippen MR) is 73.8 cm³/mol. The molecule has 92 valence electrons. The average molecular weight is 282 g/mol. The van der Waals surface area contributed by atoms with Gasteiger partial charge >= 0.3 is 0 Å². The van der Waals surface area contributed by atoms with E-state index in [-0.39, 0.29) is 10.8 Å². The molecule has 0 aliphatic heterocycles. The van der Waals surface area contributed by atoms with Crippen molar-refractivity contribution >= 4 is 28.8 Å². The molecule has 0 unspecified atom stereocenters. The molecule has 0 amide bonds. The van der Waals surface area contributed by atoms with Gasteiger partial charge in [-0.05, 0) is 36.4 Å². The van der Waals surface area contributed by atoms with E-state index in [0.29, 0.717) is 22.1 Å². The molecule has 2 nitrogen and oxygen atoms in total. The minimum absolute atomic E-state index is 0.212. The Balaban J connectivity index is 2.35. The summed E-state index contributed by atoms with van der Waals surface area (Å²) in [6.07, 6.45) is 0. The van der Waals surface area contributed by atoms with Crippen molar-refractivity contribution in [2.75, 3.05) is 0 Å². The summed E-state index contributed by atoms with van der Waals surface area (Å²) in [4.78, 5) is 0.212. The number of rotatable bonds is 3. The molecule has 2 aromatic rings. The zero-order chi connectivity index (χ0) is 13.1. The van der Waals surface area contributed by atoms with Gasteiger partial charge in [-0.15, -0.1) is 0 Å². The molecular weight excluding hydrogens is 273 g/mol. The van der Waals surface area contributed by atoms with E-state index in [1.54, 1.807) is 18.2 Å². The maximum atomic E-state index is 12.8. The van der Waals surface area contributed by atoms with Crippen LogP contribution in [0.15, 0.2) is 42.5 Å². The maximum Gasteiger partial charge on any atom is 0.139 e. The van der Waals surface area contributed by atoms with Crippen LogP contribution in [0.2, 0.25) is 5.02 Å². The van der Waals surface area contributed by atoms with Gasteiger partial charge in [0.1, 0.15) is 22.3 Å². The molecule has 2 rings (SSSR count). The highest BCUT2D eigenvalue weighted by Crippen LogP contribution is 2.28. The van der Waals surface area contributed by atoms with Gasteiger partial charge in [0.25, 0.3) is 0 Å². The molecule has 2 N–H and O–H groups in total. The normalized spacial score (nSPS) is 10.1. The summed E-state index contributed by atoms with van der Waals surface area (Å²) in [6.45, 7) is 0. The highest BCUT2D eigenvalue weighted by atomic mass is 35.5. The molecule has 0 aromatic heterocycles. The first kappa shape index (κ1) is 12.8. The van der Waals surface area contributed by atoms with Gasteiger partial charge in [-0.25, -0.2) is 4.39 Å². The van der Waals surface area contributed by atoms with Crippen molar-refractivity contribution in [3.8, 4) is 11.5 Å². The second kappa shape index (κ2) is 5.33. The Morgan fingerprint density at radius 2 is 1.83 bits per heavy atom. The molecule has 0 atom stereocenters. The molecule has 0 heterocycles. The van der Waals surface area contributed by atoms with Crippen LogP contribution in [0.1, 0.15) is 5.56 Å². The molecule has 5 heteroatoms. The van der Waals surface area contributed by atoms with Crippen LogP contribution in [0.5, 0.6) is 11.5 Å². The van der Waals surface area contributed by atoms with Gasteiger partial charge in [-0.2, -0.15) is 0 Å². The minimum atomic E-state index is -0.331. The van der Waals surface area contributed by atoms with Crippen LogP contribution in [-0.4, -0.2) is 4.99 Å². The molecule has 0 fully saturated rings. The van der Waals surface area contributed by atoms with Crippen molar-refractivity contribution in [1.29, 1.82) is 0 Å². The van der Waals surface area contributed by atoms with Gasteiger partial charge in [0.05, 0.1) is 5.56 Å². The monoisotopic (exact) mass is 281 g/mol. The van der Waals surface area contributed by atoms with Crippen LogP contribution >= 0.6 is 23.8 Å². The summed E-state index contributed by atoms with van der Waals surface area (Å²) in [7, 11) is 0. The predicted octanol–water partition coefficient (Wildman–Crippen LogP) is 3.91. The Kier molecular flexibility index (Phi) is 3.79. The average Bonchev–Trinajstić information content (AvgIpc) is 2.32. The second-order valence-corrected chi connectivity index (χ2v) is 4.44. The molecule has 2 aromatic carbocycles. The lowest BCUT2D eigenvalue weighted by Crippen LogP contribution is -2.10. The second-order valence-electron chi connectivity index (χ2n) is 3.56. The van der Waals surface area contributed by atoms with Crippen molar-refractivity contribution in [2.24, 2.45) is 5.73 Å². The van der Waals surface area contributed by atoms with Gasteiger partial charge in [-0.3, -0.25) is 0 Å². The van der Waals surface area contributed by atoms with Gasteiger partial charge in [0.15, 0.2) is 0 Å². The molecule has 0 saturated heterocycles. The van der Waals surface area contributed by atoms with Crippen molar-refractivity contribution in [3.63, 3.8) is 0 Å². The van der Waals surface area contributed by atoms with E-state index in [4.69, 9.17) is 34.3 Å². The summed E-state index contributed by atoms with van der Waals surface area (Å²) in [5.74, 6) is 0.598. The smallest absolute Gasteiger partial charge is 0.139 e. The number of thiocarbonyl (C=S) groups is 1. The number of ether oxygens (including phenoxy) is 1. The van der Waals surface area contributed by atoms with Crippen LogP contribution in [0.3, 0.4) is 0 Å². The van der Waals surface area contributed by atoms with Crippen LogP contribution in [-0.2, 0) is 0 Å². The van der Waals surface area contributed by atoms with Crippen LogP contribution in [0, 0.1) is 5.82 Å². The van der Waals surface area contributed by atoms with Crippen LogP contribution in [0.4, 0.5) is 4.39 Å². The number of benzene rings is 2. The Morgan fingerprint density at radius 3 is 2.44 bits per heavy atom. The fraction of sp³-hybridized carbons (Fsp3) is 0. The van der Waals surface area contributed by atoms with Gasteiger partial charge in [-0.1, -0.05) is 23.8 Å². The third-order valence-electron chi connectivity index (χ3n) is 2.25. The zero-order valence-electron chi connectivity index (χ0n) is 9.19. The molecular formula is C13H9ClFNOS. The molecule has 0 spiro atoms. The summed E-state index contributed by atoms with van der Waals surface area (Å²) >= 11 is 10.8. The minimum Gasteiger partial charge on any atom is -0.457 e. The molecule has 0 aliphatic rings. The summed E-state index contributed by atoms with van der Waals surface area (Å²) in [6, 6.07) is 10.6. The standard InChI is InChI=1S/C13H9ClFNOS/c14-8-1-6-11(13(16)18)12(7-8)17-10-4-2-9(15)3-5-10/h1-7H,(H2,16,18). The van der Waals surface area contributed by atoms with Crippen LogP contribution in [0.25, 0.3) is 0 Å². The van der Waals surface area contributed by atoms with E-state index >= 15 is 0 Å². The van der Waals surface area contributed by atoms with E-state index in [1.807, 2.05) is 0 Å². The fourth-order valence-corrected chi connectivity index (χ4v) is 1.74. The molecule has 0 aliphatic carbocycles. The van der Waals surface area contributed by atoms with E-state index in [0.717, 1.165) is 0 Å². The van der Waals surface area contributed by atoms with Crippen molar-refractivity contribution in [3.05, 3.63) is 58.9 Å². The van der Waals surface area contributed by atoms with E-state index in [2.05, 4.69) is 0 Å². The molecule has 0 radical (unpaired) electrons. The molecule has 0 bridgehead atoms. The quantitative estimate of drug-likeness (QED) is 0.867. The molecule has 0 saturated carbocycles. The number of hydrogen-bond acceptors (Lipinski definition) is 2. The van der Waals surface area contributed by atoms with Crippen molar-refractivity contribution < 1.29 is 9.13 Å². The number of hydrogen-bond donors (Lipinski definition) is 1. The SMILES string of the molecule is NC(=S)c1ccc(Cl)cc1Oc1ccc(F)cc1. The first-order valence-corrected chi connectivity index (χ1v) is 5.87. The fourth-order valence-electron chi connectivity index (χ4n) is 1.41. The third-order valence-corrected chi connectivity index (χ3v) is 2.71. The summed E-state index contributed by atoms with van der Waals surface area (Å²) in [5.41, 5.74) is 6.17. The maximum absolute atomic E-state index is 12.8. The topological polar surface area (TPSA) is 35.2 Å². The van der Waals surface area contributed by atoms with Crippen LogP contribution < -0.4 is 10.5 Å².